The standard InChI is InChI=1S/C15H13ClF2O3/c1-20-14-5-11(16)4-10(7-19)15(14)21-8-9-2-12(17)6-13(18)3-9/h2-6,19H,7-8H2,1H3. The van der Waals surface area contributed by atoms with Crippen molar-refractivity contribution in [3.8, 4) is 11.5 Å². The summed E-state index contributed by atoms with van der Waals surface area (Å²) >= 11 is 5.89. The van der Waals surface area contributed by atoms with Crippen molar-refractivity contribution < 1.29 is 23.4 Å². The van der Waals surface area contributed by atoms with Crippen LogP contribution in [0.2, 0.25) is 5.02 Å². The van der Waals surface area contributed by atoms with Crippen molar-refractivity contribution in [2.45, 2.75) is 13.2 Å². The molecule has 0 aromatic heterocycles. The molecule has 0 fully saturated rings. The molecule has 0 saturated heterocycles. The highest BCUT2D eigenvalue weighted by molar-refractivity contribution is 6.30. The Bertz CT molecular complexity index is 602. The number of ether oxygens (including phenoxy) is 2. The first-order valence-corrected chi connectivity index (χ1v) is 6.46. The van der Waals surface area contributed by atoms with Gasteiger partial charge in [-0.15, -0.1) is 0 Å². The summed E-state index contributed by atoms with van der Waals surface area (Å²) in [5, 5.41) is 9.72. The smallest absolute Gasteiger partial charge is 0.167 e. The molecule has 0 aliphatic heterocycles. The van der Waals surface area contributed by atoms with Gasteiger partial charge in [-0.25, -0.2) is 8.78 Å². The van der Waals surface area contributed by atoms with Gasteiger partial charge in [0, 0.05) is 22.7 Å². The Labute approximate surface area is 125 Å². The second-order valence-electron chi connectivity index (χ2n) is 4.32. The zero-order chi connectivity index (χ0) is 15.4. The zero-order valence-electron chi connectivity index (χ0n) is 11.2. The summed E-state index contributed by atoms with van der Waals surface area (Å²) in [6, 6.07) is 6.19. The van der Waals surface area contributed by atoms with Crippen LogP contribution in [0.25, 0.3) is 0 Å². The lowest BCUT2D eigenvalue weighted by Gasteiger charge is -2.15. The summed E-state index contributed by atoms with van der Waals surface area (Å²) in [7, 11) is 1.43. The second kappa shape index (κ2) is 6.74. The second-order valence-corrected chi connectivity index (χ2v) is 4.76. The van der Waals surface area contributed by atoms with Gasteiger partial charge >= 0.3 is 0 Å². The minimum Gasteiger partial charge on any atom is -0.493 e. The van der Waals surface area contributed by atoms with Gasteiger partial charge in [0.25, 0.3) is 0 Å². The Kier molecular flexibility index (Phi) is 4.98. The van der Waals surface area contributed by atoms with Crippen LogP contribution in [0, 0.1) is 11.6 Å². The number of methoxy groups -OCH3 is 1. The van der Waals surface area contributed by atoms with E-state index in [1.807, 2.05) is 0 Å². The third-order valence-corrected chi connectivity index (χ3v) is 3.01. The third-order valence-electron chi connectivity index (χ3n) is 2.79. The number of aliphatic hydroxyl groups excluding tert-OH is 1. The zero-order valence-corrected chi connectivity index (χ0v) is 12.0. The molecule has 1 N–H and O–H groups in total. The van der Waals surface area contributed by atoms with Crippen molar-refractivity contribution in [1.82, 2.24) is 0 Å². The monoisotopic (exact) mass is 314 g/mol. The first-order valence-electron chi connectivity index (χ1n) is 6.08. The fourth-order valence-electron chi connectivity index (χ4n) is 1.91. The molecular weight excluding hydrogens is 302 g/mol. The van der Waals surface area contributed by atoms with Crippen LogP contribution >= 0.6 is 11.6 Å². The number of hydrogen-bond donors (Lipinski definition) is 1. The quantitative estimate of drug-likeness (QED) is 0.914. The SMILES string of the molecule is COc1cc(Cl)cc(CO)c1OCc1cc(F)cc(F)c1. The van der Waals surface area contributed by atoms with Gasteiger partial charge in [0.2, 0.25) is 0 Å². The van der Waals surface area contributed by atoms with Crippen LogP contribution in [0.4, 0.5) is 8.78 Å². The van der Waals surface area contributed by atoms with Crippen molar-refractivity contribution in [1.29, 1.82) is 0 Å². The van der Waals surface area contributed by atoms with Crippen molar-refractivity contribution in [2.75, 3.05) is 7.11 Å². The van der Waals surface area contributed by atoms with E-state index in [1.165, 1.54) is 31.4 Å². The Morgan fingerprint density at radius 3 is 2.33 bits per heavy atom. The lowest BCUT2D eigenvalue weighted by atomic mass is 10.2. The normalized spacial score (nSPS) is 10.5. The molecule has 0 amide bonds. The highest BCUT2D eigenvalue weighted by Gasteiger charge is 2.13. The van der Waals surface area contributed by atoms with Crippen LogP contribution in [0.15, 0.2) is 30.3 Å². The first-order chi connectivity index (χ1) is 10.0. The molecule has 0 unspecified atom stereocenters. The molecule has 2 aromatic carbocycles. The topological polar surface area (TPSA) is 38.7 Å². The average molecular weight is 315 g/mol. The first kappa shape index (κ1) is 15.5. The van der Waals surface area contributed by atoms with Gasteiger partial charge in [0.1, 0.15) is 18.2 Å². The summed E-state index contributed by atoms with van der Waals surface area (Å²) in [4.78, 5) is 0. The summed E-state index contributed by atoms with van der Waals surface area (Å²) in [5.41, 5.74) is 0.754. The van der Waals surface area contributed by atoms with Crippen LogP contribution in [0.1, 0.15) is 11.1 Å². The van der Waals surface area contributed by atoms with E-state index in [1.54, 1.807) is 0 Å². The summed E-state index contributed by atoms with van der Waals surface area (Å²) in [5.74, 6) is -0.740. The third kappa shape index (κ3) is 3.83. The molecule has 0 aliphatic carbocycles. The summed E-state index contributed by atoms with van der Waals surface area (Å²) in [6.45, 7) is -0.372. The minimum absolute atomic E-state index is 0.0698. The van der Waals surface area contributed by atoms with Crippen LogP contribution < -0.4 is 9.47 Å². The molecule has 0 spiro atoms. The van der Waals surface area contributed by atoms with Crippen LogP contribution in [0.5, 0.6) is 11.5 Å². The van der Waals surface area contributed by atoms with E-state index >= 15 is 0 Å². The van der Waals surface area contributed by atoms with Gasteiger partial charge in [-0.1, -0.05) is 11.6 Å². The van der Waals surface area contributed by atoms with E-state index in [0.29, 0.717) is 21.9 Å². The maximum Gasteiger partial charge on any atom is 0.167 e. The Hall–Kier alpha value is -1.85. The Morgan fingerprint density at radius 2 is 1.76 bits per heavy atom. The molecule has 0 aliphatic rings. The number of halogens is 3. The molecule has 0 saturated carbocycles. The molecule has 0 bridgehead atoms. The lowest BCUT2D eigenvalue weighted by Crippen LogP contribution is -2.02. The maximum absolute atomic E-state index is 13.1. The largest absolute Gasteiger partial charge is 0.493 e. The van der Waals surface area contributed by atoms with Gasteiger partial charge in [-0.3, -0.25) is 0 Å². The molecule has 2 aromatic rings. The molecule has 0 atom stereocenters. The van der Waals surface area contributed by atoms with Crippen molar-refractivity contribution in [3.05, 3.63) is 58.1 Å². The number of rotatable bonds is 5. The van der Waals surface area contributed by atoms with Gasteiger partial charge in [-0.05, 0) is 23.8 Å². The molecule has 112 valence electrons. The van der Waals surface area contributed by atoms with Crippen LogP contribution in [0.3, 0.4) is 0 Å². The molecule has 0 radical (unpaired) electrons. The van der Waals surface area contributed by atoms with E-state index < -0.39 is 11.6 Å². The van der Waals surface area contributed by atoms with E-state index in [4.69, 9.17) is 21.1 Å². The summed E-state index contributed by atoms with van der Waals surface area (Å²) in [6.07, 6.45) is 0. The van der Waals surface area contributed by atoms with Crippen molar-refractivity contribution in [3.63, 3.8) is 0 Å². The maximum atomic E-state index is 13.1. The summed E-state index contributed by atoms with van der Waals surface area (Å²) < 4.78 is 36.9. The van der Waals surface area contributed by atoms with E-state index in [-0.39, 0.29) is 19.0 Å². The van der Waals surface area contributed by atoms with E-state index in [2.05, 4.69) is 0 Å². The molecule has 21 heavy (non-hydrogen) atoms. The number of hydrogen-bond acceptors (Lipinski definition) is 3. The Balaban J connectivity index is 2.26. The fraction of sp³-hybridized carbons (Fsp3) is 0.200. The number of benzene rings is 2. The molecular formula is C15H13ClF2O3. The highest BCUT2D eigenvalue weighted by Crippen LogP contribution is 2.35. The van der Waals surface area contributed by atoms with Gasteiger partial charge in [0.15, 0.2) is 11.5 Å². The lowest BCUT2D eigenvalue weighted by molar-refractivity contribution is 0.249. The van der Waals surface area contributed by atoms with E-state index in [0.717, 1.165) is 6.07 Å². The predicted octanol–water partition coefficient (Wildman–Crippen LogP) is 3.70. The Morgan fingerprint density at radius 1 is 1.10 bits per heavy atom. The fourth-order valence-corrected chi connectivity index (χ4v) is 2.14. The van der Waals surface area contributed by atoms with Crippen LogP contribution in [-0.2, 0) is 13.2 Å². The molecule has 3 nitrogen and oxygen atoms in total. The predicted molar refractivity (Wildman–Crippen MR) is 74.6 cm³/mol. The minimum atomic E-state index is -0.681. The molecule has 6 heteroatoms. The molecule has 0 heterocycles. The highest BCUT2D eigenvalue weighted by atomic mass is 35.5. The molecule has 2 rings (SSSR count). The van der Waals surface area contributed by atoms with Gasteiger partial charge < -0.3 is 14.6 Å². The van der Waals surface area contributed by atoms with Gasteiger partial charge in [-0.2, -0.15) is 0 Å². The van der Waals surface area contributed by atoms with Crippen LogP contribution in [-0.4, -0.2) is 12.2 Å². The van der Waals surface area contributed by atoms with E-state index in [9.17, 15) is 13.9 Å². The number of aliphatic hydroxyl groups is 1. The van der Waals surface area contributed by atoms with Gasteiger partial charge in [0.05, 0.1) is 13.7 Å². The van der Waals surface area contributed by atoms with Crippen molar-refractivity contribution in [2.24, 2.45) is 0 Å². The van der Waals surface area contributed by atoms with Crippen molar-refractivity contribution >= 4 is 11.6 Å². The average Bonchev–Trinajstić information content (AvgIpc) is 2.43.